The van der Waals surface area contributed by atoms with Gasteiger partial charge in [-0.1, -0.05) is 79.1 Å². The third kappa shape index (κ3) is 5.95. The molecule has 2 rings (SSSR count). The van der Waals surface area contributed by atoms with E-state index in [9.17, 15) is 0 Å². The van der Waals surface area contributed by atoms with Crippen LogP contribution < -0.4 is 5.32 Å². The first-order chi connectivity index (χ1) is 10.3. The van der Waals surface area contributed by atoms with Gasteiger partial charge < -0.3 is 5.32 Å². The van der Waals surface area contributed by atoms with Crippen molar-refractivity contribution in [2.75, 3.05) is 11.9 Å². The summed E-state index contributed by atoms with van der Waals surface area (Å²) >= 11 is 5.24. The number of halogens is 1. The summed E-state index contributed by atoms with van der Waals surface area (Å²) in [5.74, 6) is 0. The highest BCUT2D eigenvalue weighted by atomic mass is 79.9. The number of fused-ring (bicyclic) bond motifs is 1. The number of nitrogens with one attached hydrogen (secondary N) is 1. The summed E-state index contributed by atoms with van der Waals surface area (Å²) in [6.45, 7) is 3.31. The molecule has 0 amide bonds. The van der Waals surface area contributed by atoms with Gasteiger partial charge in [0.05, 0.1) is 10.2 Å². The number of unbranched alkanes of at least 4 members (excludes halogenated alkanes) is 7. The van der Waals surface area contributed by atoms with E-state index in [0.717, 1.165) is 21.7 Å². The van der Waals surface area contributed by atoms with E-state index in [4.69, 9.17) is 0 Å². The van der Waals surface area contributed by atoms with E-state index in [0.29, 0.717) is 0 Å². The van der Waals surface area contributed by atoms with E-state index in [2.05, 4.69) is 45.3 Å². The molecule has 0 aliphatic rings. The van der Waals surface area contributed by atoms with Crippen LogP contribution in [0.15, 0.2) is 22.7 Å². The van der Waals surface area contributed by atoms with Gasteiger partial charge >= 0.3 is 0 Å². The Morgan fingerprint density at radius 2 is 1.76 bits per heavy atom. The Morgan fingerprint density at radius 1 is 1.05 bits per heavy atom. The number of aromatic nitrogens is 1. The van der Waals surface area contributed by atoms with Gasteiger partial charge in [-0.2, -0.15) is 0 Å². The number of rotatable bonds is 10. The highest BCUT2D eigenvalue weighted by Crippen LogP contribution is 2.28. The van der Waals surface area contributed by atoms with Gasteiger partial charge in [0.2, 0.25) is 0 Å². The van der Waals surface area contributed by atoms with Crippen LogP contribution in [0.3, 0.4) is 0 Å². The molecule has 1 aromatic heterocycles. The molecule has 0 spiro atoms. The van der Waals surface area contributed by atoms with Crippen molar-refractivity contribution in [2.24, 2.45) is 0 Å². The van der Waals surface area contributed by atoms with Crippen LogP contribution in [-0.2, 0) is 0 Å². The summed E-state index contributed by atoms with van der Waals surface area (Å²) in [4.78, 5) is 4.61. The fourth-order valence-corrected chi connectivity index (χ4v) is 3.87. The lowest BCUT2D eigenvalue weighted by atomic mass is 10.1. The molecule has 1 N–H and O–H groups in total. The van der Waals surface area contributed by atoms with Crippen molar-refractivity contribution < 1.29 is 0 Å². The molecule has 0 fully saturated rings. The average molecular weight is 369 g/mol. The molecule has 0 radical (unpaired) electrons. The average Bonchev–Trinajstić information content (AvgIpc) is 2.87. The molecule has 1 aromatic carbocycles. The van der Waals surface area contributed by atoms with Crippen molar-refractivity contribution in [3.05, 3.63) is 22.7 Å². The minimum Gasteiger partial charge on any atom is -0.361 e. The van der Waals surface area contributed by atoms with Gasteiger partial charge in [-0.15, -0.1) is 0 Å². The predicted octanol–water partition coefficient (Wildman–Crippen LogP) is 6.61. The first-order valence-corrected chi connectivity index (χ1v) is 9.70. The van der Waals surface area contributed by atoms with Crippen molar-refractivity contribution in [3.8, 4) is 0 Å². The maximum absolute atomic E-state index is 4.61. The summed E-state index contributed by atoms with van der Waals surface area (Å²) in [5, 5.41) is 4.50. The van der Waals surface area contributed by atoms with Crippen molar-refractivity contribution in [1.82, 2.24) is 4.98 Å². The minimum absolute atomic E-state index is 1.04. The highest BCUT2D eigenvalue weighted by Gasteiger charge is 2.03. The first kappa shape index (κ1) is 16.8. The molecule has 116 valence electrons. The summed E-state index contributed by atoms with van der Waals surface area (Å²) in [6, 6.07) is 6.25. The van der Waals surface area contributed by atoms with Gasteiger partial charge in [0, 0.05) is 11.0 Å². The zero-order valence-corrected chi connectivity index (χ0v) is 15.2. The fourth-order valence-electron chi connectivity index (χ4n) is 2.43. The lowest BCUT2D eigenvalue weighted by Crippen LogP contribution is -2.00. The predicted molar refractivity (Wildman–Crippen MR) is 98.4 cm³/mol. The van der Waals surface area contributed by atoms with E-state index >= 15 is 0 Å². The molecule has 1 heterocycles. The Labute approximate surface area is 140 Å². The lowest BCUT2D eigenvalue weighted by molar-refractivity contribution is 0.581. The van der Waals surface area contributed by atoms with Gasteiger partial charge in [-0.05, 0) is 24.6 Å². The molecule has 0 saturated heterocycles. The minimum atomic E-state index is 1.04. The fraction of sp³-hybridized carbons (Fsp3) is 0.588. The Kier molecular flexibility index (Phi) is 7.51. The van der Waals surface area contributed by atoms with Crippen LogP contribution in [0.2, 0.25) is 0 Å². The molecular weight excluding hydrogens is 344 g/mol. The van der Waals surface area contributed by atoms with Gasteiger partial charge in [-0.3, -0.25) is 0 Å². The quantitative estimate of drug-likeness (QED) is 0.477. The van der Waals surface area contributed by atoms with Crippen LogP contribution in [0.4, 0.5) is 5.13 Å². The van der Waals surface area contributed by atoms with Crippen molar-refractivity contribution in [1.29, 1.82) is 0 Å². The normalized spacial score (nSPS) is 11.1. The SMILES string of the molecule is CCCCCCCCCCNc1nc2ccc(Br)cc2s1. The number of nitrogens with zero attached hydrogens (tertiary/aromatic N) is 1. The van der Waals surface area contributed by atoms with Crippen molar-refractivity contribution in [2.45, 2.75) is 58.3 Å². The Balaban J connectivity index is 1.59. The van der Waals surface area contributed by atoms with Crippen LogP contribution >= 0.6 is 27.3 Å². The Bertz CT molecular complexity index is 539. The molecule has 2 nitrogen and oxygen atoms in total. The molecule has 0 atom stereocenters. The van der Waals surface area contributed by atoms with Gasteiger partial charge in [-0.25, -0.2) is 4.98 Å². The van der Waals surface area contributed by atoms with Gasteiger partial charge in [0.15, 0.2) is 5.13 Å². The summed E-state index contributed by atoms with van der Waals surface area (Å²) < 4.78 is 2.36. The smallest absolute Gasteiger partial charge is 0.183 e. The first-order valence-electron chi connectivity index (χ1n) is 8.09. The van der Waals surface area contributed by atoms with Gasteiger partial charge in [0.1, 0.15) is 0 Å². The molecular formula is C17H25BrN2S. The van der Waals surface area contributed by atoms with Crippen LogP contribution in [0.5, 0.6) is 0 Å². The zero-order chi connectivity index (χ0) is 14.9. The van der Waals surface area contributed by atoms with E-state index in [1.165, 1.54) is 56.1 Å². The van der Waals surface area contributed by atoms with E-state index in [1.54, 1.807) is 11.3 Å². The molecule has 0 saturated carbocycles. The molecule has 21 heavy (non-hydrogen) atoms. The molecule has 0 aliphatic carbocycles. The summed E-state index contributed by atoms with van der Waals surface area (Å²) in [6.07, 6.45) is 10.9. The Morgan fingerprint density at radius 3 is 2.52 bits per heavy atom. The second kappa shape index (κ2) is 9.42. The van der Waals surface area contributed by atoms with Crippen molar-refractivity contribution >= 4 is 42.6 Å². The molecule has 0 unspecified atom stereocenters. The monoisotopic (exact) mass is 368 g/mol. The summed E-state index contributed by atoms with van der Waals surface area (Å²) in [5.41, 5.74) is 1.08. The standard InChI is InChI=1S/C17H25BrN2S/c1-2-3-4-5-6-7-8-9-12-19-17-20-15-11-10-14(18)13-16(15)21-17/h10-11,13H,2-9,12H2,1H3,(H,19,20). The number of benzene rings is 1. The molecule has 4 heteroatoms. The van der Waals surface area contributed by atoms with E-state index < -0.39 is 0 Å². The van der Waals surface area contributed by atoms with E-state index in [1.807, 2.05) is 6.07 Å². The lowest BCUT2D eigenvalue weighted by Gasteiger charge is -2.03. The number of hydrogen-bond acceptors (Lipinski definition) is 3. The third-order valence-electron chi connectivity index (χ3n) is 3.66. The Hall–Kier alpha value is -0.610. The second-order valence-electron chi connectivity index (χ2n) is 5.53. The van der Waals surface area contributed by atoms with Crippen molar-refractivity contribution in [3.63, 3.8) is 0 Å². The number of anilines is 1. The number of thiazole rings is 1. The van der Waals surface area contributed by atoms with Crippen LogP contribution in [0.25, 0.3) is 10.2 Å². The molecule has 0 aliphatic heterocycles. The van der Waals surface area contributed by atoms with Crippen LogP contribution in [0, 0.1) is 0 Å². The number of hydrogen-bond donors (Lipinski definition) is 1. The summed E-state index contributed by atoms with van der Waals surface area (Å²) in [7, 11) is 0. The topological polar surface area (TPSA) is 24.9 Å². The van der Waals surface area contributed by atoms with Gasteiger partial charge in [0.25, 0.3) is 0 Å². The third-order valence-corrected chi connectivity index (χ3v) is 5.13. The maximum Gasteiger partial charge on any atom is 0.183 e. The van der Waals surface area contributed by atoms with E-state index in [-0.39, 0.29) is 0 Å². The largest absolute Gasteiger partial charge is 0.361 e. The molecule has 2 aromatic rings. The van der Waals surface area contributed by atoms with Crippen LogP contribution in [0.1, 0.15) is 58.3 Å². The zero-order valence-electron chi connectivity index (χ0n) is 12.8. The van der Waals surface area contributed by atoms with Crippen LogP contribution in [-0.4, -0.2) is 11.5 Å². The second-order valence-corrected chi connectivity index (χ2v) is 7.48. The highest BCUT2D eigenvalue weighted by molar-refractivity contribution is 9.10. The maximum atomic E-state index is 4.61. The molecule has 0 bridgehead atoms.